The molecule has 0 spiro atoms. The fourth-order valence-electron chi connectivity index (χ4n) is 6.30. The van der Waals surface area contributed by atoms with Crippen LogP contribution in [0.15, 0.2) is 85.1 Å². The van der Waals surface area contributed by atoms with Crippen LogP contribution in [0.4, 0.5) is 0 Å². The fourth-order valence-corrected chi connectivity index (χ4v) is 6.30. The minimum absolute atomic E-state index is 0.110. The predicted octanol–water partition coefficient (Wildman–Crippen LogP) is 15.6. The first-order valence-corrected chi connectivity index (χ1v) is 24.1. The minimum Gasteiger partial charge on any atom is -0.462 e. The van der Waals surface area contributed by atoms with Gasteiger partial charge in [0.05, 0.1) is 0 Å². The van der Waals surface area contributed by atoms with Gasteiger partial charge in [0.2, 0.25) is 0 Å². The van der Waals surface area contributed by atoms with E-state index in [0.29, 0.717) is 12.8 Å². The number of unbranched alkanes of at least 4 members (excludes halogenated alkanes) is 18. The molecule has 0 fully saturated rings. The number of hydrogen-bond acceptors (Lipinski definition) is 6. The molecule has 0 saturated heterocycles. The van der Waals surface area contributed by atoms with Gasteiger partial charge in [-0.25, -0.2) is 0 Å². The van der Waals surface area contributed by atoms with Crippen molar-refractivity contribution >= 4 is 17.9 Å². The second-order valence-electron chi connectivity index (χ2n) is 15.7. The Bertz CT molecular complexity index is 1170. The van der Waals surface area contributed by atoms with Crippen molar-refractivity contribution in [1.82, 2.24) is 0 Å². The van der Waals surface area contributed by atoms with E-state index in [1.807, 2.05) is 12.2 Å². The van der Waals surface area contributed by atoms with Crippen LogP contribution in [0.2, 0.25) is 0 Å². The lowest BCUT2D eigenvalue weighted by molar-refractivity contribution is -0.166. The number of ether oxygens (including phenoxy) is 3. The number of allylic oxidation sites excluding steroid dienone is 14. The van der Waals surface area contributed by atoms with Crippen LogP contribution >= 0.6 is 0 Å². The van der Waals surface area contributed by atoms with E-state index in [0.717, 1.165) is 83.5 Å². The summed E-state index contributed by atoms with van der Waals surface area (Å²) in [5, 5.41) is 0. The average Bonchev–Trinajstić information content (AvgIpc) is 3.23. The van der Waals surface area contributed by atoms with Gasteiger partial charge in [-0.3, -0.25) is 14.4 Å². The molecule has 0 radical (unpaired) electrons. The zero-order valence-electron chi connectivity index (χ0n) is 38.2. The maximum atomic E-state index is 12.7. The summed E-state index contributed by atoms with van der Waals surface area (Å²) >= 11 is 0. The Kier molecular flexibility index (Phi) is 44.5. The van der Waals surface area contributed by atoms with Crippen molar-refractivity contribution in [2.24, 2.45) is 0 Å². The number of hydrogen-bond donors (Lipinski definition) is 0. The molecular formula is C53H88O6. The minimum atomic E-state index is -0.817. The van der Waals surface area contributed by atoms with E-state index in [1.165, 1.54) is 83.5 Å². The highest BCUT2D eigenvalue weighted by Crippen LogP contribution is 2.13. The van der Waals surface area contributed by atoms with Gasteiger partial charge in [-0.15, -0.1) is 0 Å². The third-order valence-corrected chi connectivity index (χ3v) is 9.93. The highest BCUT2D eigenvalue weighted by molar-refractivity contribution is 5.71. The van der Waals surface area contributed by atoms with Crippen LogP contribution in [0.25, 0.3) is 0 Å². The second-order valence-corrected chi connectivity index (χ2v) is 15.7. The van der Waals surface area contributed by atoms with Crippen LogP contribution in [-0.4, -0.2) is 37.2 Å². The normalized spacial score (nSPS) is 12.8. The molecule has 0 aliphatic carbocycles. The quantitative estimate of drug-likeness (QED) is 0.0201. The zero-order chi connectivity index (χ0) is 43.0. The van der Waals surface area contributed by atoms with Crippen LogP contribution < -0.4 is 0 Å². The lowest BCUT2D eigenvalue weighted by Crippen LogP contribution is -2.30. The molecule has 0 saturated carbocycles. The summed E-state index contributed by atoms with van der Waals surface area (Å²) < 4.78 is 16.6. The van der Waals surface area contributed by atoms with Crippen molar-refractivity contribution < 1.29 is 28.6 Å². The van der Waals surface area contributed by atoms with E-state index >= 15 is 0 Å². The molecule has 0 aromatic rings. The Balaban J connectivity index is 4.52. The summed E-state index contributed by atoms with van der Waals surface area (Å²) in [7, 11) is 0. The molecule has 1 atom stereocenters. The molecule has 1 unspecified atom stereocenters. The molecule has 59 heavy (non-hydrogen) atoms. The van der Waals surface area contributed by atoms with Gasteiger partial charge < -0.3 is 14.2 Å². The smallest absolute Gasteiger partial charge is 0.306 e. The second kappa shape index (κ2) is 47.3. The Labute approximate surface area is 363 Å². The lowest BCUT2D eigenvalue weighted by atomic mass is 10.1. The first-order valence-electron chi connectivity index (χ1n) is 24.1. The summed E-state index contributed by atoms with van der Waals surface area (Å²) in [5.41, 5.74) is 0. The largest absolute Gasteiger partial charge is 0.462 e. The van der Waals surface area contributed by atoms with Gasteiger partial charge in [0, 0.05) is 19.3 Å². The van der Waals surface area contributed by atoms with E-state index in [9.17, 15) is 14.4 Å². The average molecular weight is 821 g/mol. The fraction of sp³-hybridized carbons (Fsp3) is 0.679. The van der Waals surface area contributed by atoms with Gasteiger partial charge in [-0.05, 0) is 77.0 Å². The molecule has 0 aliphatic rings. The first kappa shape index (κ1) is 55.6. The number of esters is 3. The number of rotatable bonds is 42. The van der Waals surface area contributed by atoms with Crippen molar-refractivity contribution in [3.63, 3.8) is 0 Å². The summed E-state index contributed by atoms with van der Waals surface area (Å²) in [5.74, 6) is -1.03. The third kappa shape index (κ3) is 45.5. The summed E-state index contributed by atoms with van der Waals surface area (Å²) in [4.78, 5) is 37.7. The number of carbonyl (C=O) groups excluding carboxylic acids is 3. The van der Waals surface area contributed by atoms with Crippen LogP contribution in [-0.2, 0) is 28.6 Å². The molecule has 0 bridgehead atoms. The van der Waals surface area contributed by atoms with Crippen LogP contribution in [0, 0.1) is 0 Å². The van der Waals surface area contributed by atoms with Crippen molar-refractivity contribution in [3.05, 3.63) is 85.1 Å². The molecule has 0 aromatic heterocycles. The van der Waals surface area contributed by atoms with Gasteiger partial charge in [0.25, 0.3) is 0 Å². The van der Waals surface area contributed by atoms with Crippen molar-refractivity contribution in [2.45, 2.75) is 219 Å². The topological polar surface area (TPSA) is 78.9 Å². The van der Waals surface area contributed by atoms with Crippen LogP contribution in [0.5, 0.6) is 0 Å². The van der Waals surface area contributed by atoms with E-state index in [-0.39, 0.29) is 44.0 Å². The van der Waals surface area contributed by atoms with E-state index in [1.54, 1.807) is 0 Å². The van der Waals surface area contributed by atoms with Crippen molar-refractivity contribution in [1.29, 1.82) is 0 Å². The SMILES string of the molecule is CC/C=C\C/C=C\C/C=C\C/C=C\C/C=C\CCC(=O)OCC(COC(=O)CCCCCCCCCCC)OC(=O)CCCCC/C=C\C=C/CCCCCCCCC. The van der Waals surface area contributed by atoms with Crippen LogP contribution in [0.3, 0.4) is 0 Å². The molecule has 6 heteroatoms. The zero-order valence-corrected chi connectivity index (χ0v) is 38.2. The molecule has 0 aromatic carbocycles. The molecule has 6 nitrogen and oxygen atoms in total. The third-order valence-electron chi connectivity index (χ3n) is 9.93. The van der Waals surface area contributed by atoms with E-state index in [4.69, 9.17) is 14.2 Å². The molecule has 0 amide bonds. The van der Waals surface area contributed by atoms with Crippen molar-refractivity contribution in [2.75, 3.05) is 13.2 Å². The van der Waals surface area contributed by atoms with Crippen LogP contribution in [0.1, 0.15) is 213 Å². The first-order chi connectivity index (χ1) is 29.0. The Morgan fingerprint density at radius 1 is 0.373 bits per heavy atom. The van der Waals surface area contributed by atoms with Gasteiger partial charge in [-0.1, -0.05) is 202 Å². The molecule has 0 N–H and O–H groups in total. The monoisotopic (exact) mass is 821 g/mol. The van der Waals surface area contributed by atoms with Gasteiger partial charge in [-0.2, -0.15) is 0 Å². The molecule has 336 valence electrons. The molecule has 0 rings (SSSR count). The van der Waals surface area contributed by atoms with Crippen molar-refractivity contribution in [3.8, 4) is 0 Å². The Hall–Kier alpha value is -3.41. The van der Waals surface area contributed by atoms with Gasteiger partial charge in [0.1, 0.15) is 13.2 Å². The summed E-state index contributed by atoms with van der Waals surface area (Å²) in [6.45, 7) is 6.39. The Morgan fingerprint density at radius 3 is 1.22 bits per heavy atom. The maximum Gasteiger partial charge on any atom is 0.306 e. The van der Waals surface area contributed by atoms with Gasteiger partial charge in [0.15, 0.2) is 6.10 Å². The summed E-state index contributed by atoms with van der Waals surface area (Å²) in [6, 6.07) is 0. The highest BCUT2D eigenvalue weighted by Gasteiger charge is 2.19. The lowest BCUT2D eigenvalue weighted by Gasteiger charge is -2.18. The van der Waals surface area contributed by atoms with Gasteiger partial charge >= 0.3 is 17.9 Å². The molecule has 0 aliphatic heterocycles. The maximum absolute atomic E-state index is 12.7. The summed E-state index contributed by atoms with van der Waals surface area (Å²) in [6.07, 6.45) is 60.1. The Morgan fingerprint density at radius 2 is 0.746 bits per heavy atom. The predicted molar refractivity (Wildman–Crippen MR) is 251 cm³/mol. The standard InChI is InChI=1S/C53H88O6/c1-4-7-10-13-16-19-21-23-25-27-29-31-34-37-40-43-46-52(55)58-49-50(48-57-51(54)45-42-39-36-33-18-15-12-9-6-3)59-53(56)47-44-41-38-35-32-30-28-26-24-22-20-17-14-11-8-5-2/h7,10,16,19,23,25-26,28-32,37,40,50H,4-6,8-9,11-15,17-18,20-22,24,27,33-36,38-39,41-49H2,1-3H3/b10-7-,19-16-,25-23-,28-26-,31-29-,32-30-,40-37-. The molecular weight excluding hydrogens is 733 g/mol. The molecule has 0 heterocycles. The highest BCUT2D eigenvalue weighted by atomic mass is 16.6. The number of carbonyl (C=O) groups is 3. The van der Waals surface area contributed by atoms with E-state index in [2.05, 4.69) is 93.7 Å². The van der Waals surface area contributed by atoms with E-state index < -0.39 is 6.10 Å².